The zero-order valence-corrected chi connectivity index (χ0v) is 13.1. The molecule has 0 atom stereocenters. The summed E-state index contributed by atoms with van der Waals surface area (Å²) in [5.74, 6) is 0.874. The zero-order valence-electron chi connectivity index (χ0n) is 13.1. The third kappa shape index (κ3) is 2.29. The van der Waals surface area contributed by atoms with E-state index in [1.54, 1.807) is 0 Å². The molecule has 4 nitrogen and oxygen atoms in total. The van der Waals surface area contributed by atoms with Crippen LogP contribution in [0.15, 0.2) is 30.6 Å². The second-order valence-electron chi connectivity index (χ2n) is 6.16. The summed E-state index contributed by atoms with van der Waals surface area (Å²) in [6.45, 7) is 7.08. The van der Waals surface area contributed by atoms with E-state index in [4.69, 9.17) is 0 Å². The van der Waals surface area contributed by atoms with E-state index in [0.29, 0.717) is 0 Å². The Balaban J connectivity index is 1.59. The van der Waals surface area contributed by atoms with Gasteiger partial charge in [0, 0.05) is 60.6 Å². The van der Waals surface area contributed by atoms with Crippen LogP contribution in [-0.4, -0.2) is 26.4 Å². The van der Waals surface area contributed by atoms with Gasteiger partial charge in [0.15, 0.2) is 0 Å². The Kier molecular flexibility index (Phi) is 3.19. The average molecular weight is 292 g/mol. The van der Waals surface area contributed by atoms with E-state index in [1.165, 1.54) is 33.3 Å². The number of para-hydroxylation sites is 1. The van der Waals surface area contributed by atoms with Crippen LogP contribution in [0.25, 0.3) is 10.9 Å². The van der Waals surface area contributed by atoms with Crippen LogP contribution in [0.5, 0.6) is 0 Å². The first-order valence-corrected chi connectivity index (χ1v) is 7.80. The van der Waals surface area contributed by atoms with E-state index in [1.807, 2.05) is 13.1 Å². The number of hydrogen-bond acceptors (Lipinski definition) is 3. The first kappa shape index (κ1) is 13.5. The van der Waals surface area contributed by atoms with Crippen molar-refractivity contribution in [1.82, 2.24) is 19.9 Å². The van der Waals surface area contributed by atoms with Crippen molar-refractivity contribution in [2.45, 2.75) is 33.4 Å². The summed E-state index contributed by atoms with van der Waals surface area (Å²) in [7, 11) is 0. The number of benzene rings is 1. The number of nitrogens with zero attached hydrogens (tertiary/aromatic N) is 3. The van der Waals surface area contributed by atoms with Crippen LogP contribution >= 0.6 is 0 Å². The highest BCUT2D eigenvalue weighted by Gasteiger charge is 2.19. The number of aryl methyl sites for hydroxylation is 2. The third-order valence-electron chi connectivity index (χ3n) is 4.54. The minimum Gasteiger partial charge on any atom is -0.361 e. The lowest BCUT2D eigenvalue weighted by Crippen LogP contribution is -2.30. The molecule has 0 fully saturated rings. The summed E-state index contributed by atoms with van der Waals surface area (Å²) < 4.78 is 0. The van der Waals surface area contributed by atoms with Gasteiger partial charge in [0.25, 0.3) is 0 Å². The quantitative estimate of drug-likeness (QED) is 0.789. The molecule has 3 heterocycles. The minimum absolute atomic E-state index is 0.874. The molecule has 22 heavy (non-hydrogen) atoms. The number of nitrogens with one attached hydrogen (secondary N) is 1. The maximum atomic E-state index is 4.56. The van der Waals surface area contributed by atoms with Gasteiger partial charge in [-0.05, 0) is 25.0 Å². The normalized spacial score (nSPS) is 15.2. The second-order valence-corrected chi connectivity index (χ2v) is 6.16. The second kappa shape index (κ2) is 5.21. The molecule has 1 aliphatic heterocycles. The molecule has 0 amide bonds. The summed E-state index contributed by atoms with van der Waals surface area (Å²) in [5.41, 5.74) is 6.42. The van der Waals surface area contributed by atoms with Crippen LogP contribution in [0.2, 0.25) is 0 Å². The summed E-state index contributed by atoms with van der Waals surface area (Å²) in [6.07, 6.45) is 5.15. The van der Waals surface area contributed by atoms with Gasteiger partial charge in [-0.1, -0.05) is 18.2 Å². The largest absolute Gasteiger partial charge is 0.361 e. The average Bonchev–Trinajstić information content (AvgIpc) is 2.92. The molecule has 0 spiro atoms. The molecule has 0 saturated heterocycles. The number of aromatic nitrogens is 3. The molecule has 2 aromatic heterocycles. The zero-order chi connectivity index (χ0) is 15.1. The van der Waals surface area contributed by atoms with Crippen LogP contribution in [0.3, 0.4) is 0 Å². The maximum Gasteiger partial charge on any atom is 0.125 e. The fourth-order valence-electron chi connectivity index (χ4n) is 3.35. The van der Waals surface area contributed by atoms with E-state index in [2.05, 4.69) is 51.2 Å². The topological polar surface area (TPSA) is 44.8 Å². The van der Waals surface area contributed by atoms with Crippen molar-refractivity contribution >= 4 is 10.9 Å². The summed E-state index contributed by atoms with van der Waals surface area (Å²) in [4.78, 5) is 14.8. The van der Waals surface area contributed by atoms with Gasteiger partial charge in [-0.3, -0.25) is 4.90 Å². The van der Waals surface area contributed by atoms with Gasteiger partial charge < -0.3 is 4.98 Å². The lowest BCUT2D eigenvalue weighted by atomic mass is 10.1. The SMILES string of the molecule is Cc1ncc2c(n1)CCN(Cc1c[nH]c3c(C)cccc13)C2. The Morgan fingerprint density at radius 2 is 2.18 bits per heavy atom. The van der Waals surface area contributed by atoms with Crippen LogP contribution in [-0.2, 0) is 19.5 Å². The highest BCUT2D eigenvalue weighted by molar-refractivity contribution is 5.85. The molecule has 4 rings (SSSR count). The maximum absolute atomic E-state index is 4.56. The minimum atomic E-state index is 0.874. The molecule has 0 saturated carbocycles. The van der Waals surface area contributed by atoms with Gasteiger partial charge in [-0.25, -0.2) is 9.97 Å². The molecule has 0 radical (unpaired) electrons. The monoisotopic (exact) mass is 292 g/mol. The predicted octanol–water partition coefficient (Wildman–Crippen LogP) is 3.13. The smallest absolute Gasteiger partial charge is 0.125 e. The van der Waals surface area contributed by atoms with Gasteiger partial charge >= 0.3 is 0 Å². The van der Waals surface area contributed by atoms with Crippen LogP contribution in [0.1, 0.15) is 28.2 Å². The molecule has 1 aromatic carbocycles. The summed E-state index contributed by atoms with van der Waals surface area (Å²) in [6, 6.07) is 6.50. The lowest BCUT2D eigenvalue weighted by molar-refractivity contribution is 0.243. The Bertz CT molecular complexity index is 834. The fourth-order valence-corrected chi connectivity index (χ4v) is 3.35. The van der Waals surface area contributed by atoms with E-state index in [-0.39, 0.29) is 0 Å². The van der Waals surface area contributed by atoms with Gasteiger partial charge in [0.1, 0.15) is 5.82 Å². The van der Waals surface area contributed by atoms with Crippen molar-refractivity contribution in [2.24, 2.45) is 0 Å². The third-order valence-corrected chi connectivity index (χ3v) is 4.54. The van der Waals surface area contributed by atoms with Crippen LogP contribution < -0.4 is 0 Å². The first-order valence-electron chi connectivity index (χ1n) is 7.80. The molecular weight excluding hydrogens is 272 g/mol. The van der Waals surface area contributed by atoms with Crippen LogP contribution in [0.4, 0.5) is 0 Å². The Labute approximate surface area is 130 Å². The van der Waals surface area contributed by atoms with Gasteiger partial charge in [-0.15, -0.1) is 0 Å². The molecule has 0 aliphatic carbocycles. The highest BCUT2D eigenvalue weighted by atomic mass is 15.1. The number of rotatable bonds is 2. The molecule has 1 aliphatic rings. The number of fused-ring (bicyclic) bond motifs is 2. The molecule has 4 heteroatoms. The number of aromatic amines is 1. The summed E-state index contributed by atoms with van der Waals surface area (Å²) in [5, 5.41) is 1.34. The van der Waals surface area contributed by atoms with Crippen molar-refractivity contribution in [3.05, 3.63) is 58.8 Å². The molecular formula is C18H20N4. The standard InChI is InChI=1S/C18H20N4/c1-12-4-3-5-16-14(8-20-18(12)16)10-22-7-6-17-15(11-22)9-19-13(2)21-17/h3-5,8-9,20H,6-7,10-11H2,1-2H3. The lowest BCUT2D eigenvalue weighted by Gasteiger charge is -2.27. The molecule has 0 bridgehead atoms. The Morgan fingerprint density at radius 3 is 3.09 bits per heavy atom. The Morgan fingerprint density at radius 1 is 1.27 bits per heavy atom. The molecule has 3 aromatic rings. The van der Waals surface area contributed by atoms with E-state index < -0.39 is 0 Å². The van der Waals surface area contributed by atoms with Crippen molar-refractivity contribution in [2.75, 3.05) is 6.54 Å². The van der Waals surface area contributed by atoms with Crippen LogP contribution in [0, 0.1) is 13.8 Å². The van der Waals surface area contributed by atoms with Gasteiger partial charge in [-0.2, -0.15) is 0 Å². The van der Waals surface area contributed by atoms with E-state index in [9.17, 15) is 0 Å². The molecule has 0 unspecified atom stereocenters. The predicted molar refractivity (Wildman–Crippen MR) is 87.6 cm³/mol. The van der Waals surface area contributed by atoms with E-state index in [0.717, 1.165) is 31.9 Å². The molecule has 1 N–H and O–H groups in total. The van der Waals surface area contributed by atoms with Gasteiger partial charge in [0.2, 0.25) is 0 Å². The van der Waals surface area contributed by atoms with E-state index >= 15 is 0 Å². The first-order chi connectivity index (χ1) is 10.7. The van der Waals surface area contributed by atoms with Gasteiger partial charge in [0.05, 0.1) is 0 Å². The van der Waals surface area contributed by atoms with Crippen molar-refractivity contribution in [3.63, 3.8) is 0 Å². The van der Waals surface area contributed by atoms with Crippen molar-refractivity contribution < 1.29 is 0 Å². The molecule has 112 valence electrons. The summed E-state index contributed by atoms with van der Waals surface area (Å²) >= 11 is 0. The van der Waals surface area contributed by atoms with Crippen molar-refractivity contribution in [1.29, 1.82) is 0 Å². The fraction of sp³-hybridized carbons (Fsp3) is 0.333. The number of H-pyrrole nitrogens is 1. The van der Waals surface area contributed by atoms with Crippen molar-refractivity contribution in [3.8, 4) is 0 Å². The Hall–Kier alpha value is -2.20. The highest BCUT2D eigenvalue weighted by Crippen LogP contribution is 2.24. The number of hydrogen-bond donors (Lipinski definition) is 1.